The zero-order valence-electron chi connectivity index (χ0n) is 9.88. The van der Waals surface area contributed by atoms with Crippen LogP contribution in [0.25, 0.3) is 0 Å². The van der Waals surface area contributed by atoms with Gasteiger partial charge in [-0.1, -0.05) is 0 Å². The lowest BCUT2D eigenvalue weighted by Gasteiger charge is -2.41. The fourth-order valence-corrected chi connectivity index (χ4v) is 1.86. The SMILES string of the molecule is CO[C@@H]1[C@H](OC(C)=O)[C@H](C)O[C@H](O)[C@H]1OC. The Morgan fingerprint density at radius 2 is 1.75 bits per heavy atom. The molecule has 1 aliphatic rings. The third kappa shape index (κ3) is 2.70. The fourth-order valence-electron chi connectivity index (χ4n) is 1.86. The molecule has 0 saturated carbocycles. The Kier molecular flexibility index (Phi) is 4.67. The Bertz CT molecular complexity index is 243. The molecule has 6 nitrogen and oxygen atoms in total. The third-order valence-corrected chi connectivity index (χ3v) is 2.59. The largest absolute Gasteiger partial charge is 0.457 e. The summed E-state index contributed by atoms with van der Waals surface area (Å²) < 4.78 is 20.6. The van der Waals surface area contributed by atoms with Crippen LogP contribution in [-0.4, -0.2) is 56.0 Å². The molecule has 0 aromatic carbocycles. The van der Waals surface area contributed by atoms with Crippen molar-refractivity contribution in [2.45, 2.75) is 44.6 Å². The Hall–Kier alpha value is -0.690. The molecular formula is C10H18O6. The van der Waals surface area contributed by atoms with Crippen molar-refractivity contribution in [1.29, 1.82) is 0 Å². The summed E-state index contributed by atoms with van der Waals surface area (Å²) in [7, 11) is 2.90. The molecule has 0 unspecified atom stereocenters. The number of aliphatic hydroxyl groups is 1. The first-order valence-electron chi connectivity index (χ1n) is 5.07. The number of rotatable bonds is 3. The van der Waals surface area contributed by atoms with E-state index in [1.54, 1.807) is 6.92 Å². The molecule has 0 aliphatic carbocycles. The van der Waals surface area contributed by atoms with E-state index in [4.69, 9.17) is 18.9 Å². The molecule has 1 aliphatic heterocycles. The summed E-state index contributed by atoms with van der Waals surface area (Å²) in [6, 6.07) is 0. The molecule has 6 heteroatoms. The summed E-state index contributed by atoms with van der Waals surface area (Å²) in [4.78, 5) is 11.0. The second-order valence-corrected chi connectivity index (χ2v) is 3.71. The Balaban J connectivity index is 2.82. The minimum atomic E-state index is -1.09. The molecular weight excluding hydrogens is 216 g/mol. The van der Waals surface area contributed by atoms with Crippen molar-refractivity contribution in [1.82, 2.24) is 0 Å². The van der Waals surface area contributed by atoms with E-state index in [0.717, 1.165) is 0 Å². The van der Waals surface area contributed by atoms with E-state index < -0.39 is 36.7 Å². The maximum absolute atomic E-state index is 11.0. The standard InChI is InChI=1S/C10H18O6/c1-5-7(16-6(2)11)8(13-3)9(14-4)10(12)15-5/h5,7-10,12H,1-4H3/t5-,7+,8+,9-,10-/m0/s1. The zero-order valence-corrected chi connectivity index (χ0v) is 9.88. The molecule has 0 aromatic rings. The summed E-state index contributed by atoms with van der Waals surface area (Å²) in [6.45, 7) is 3.01. The molecule has 0 aromatic heterocycles. The smallest absolute Gasteiger partial charge is 0.303 e. The Morgan fingerprint density at radius 1 is 1.19 bits per heavy atom. The van der Waals surface area contributed by atoms with E-state index in [1.807, 2.05) is 0 Å². The van der Waals surface area contributed by atoms with Gasteiger partial charge in [-0.25, -0.2) is 0 Å². The van der Waals surface area contributed by atoms with Gasteiger partial charge < -0.3 is 24.1 Å². The van der Waals surface area contributed by atoms with Crippen molar-refractivity contribution in [3.63, 3.8) is 0 Å². The van der Waals surface area contributed by atoms with Gasteiger partial charge in [-0.3, -0.25) is 4.79 Å². The maximum atomic E-state index is 11.0. The van der Waals surface area contributed by atoms with E-state index in [2.05, 4.69) is 0 Å². The Labute approximate surface area is 94.4 Å². The lowest BCUT2D eigenvalue weighted by atomic mass is 9.99. The van der Waals surface area contributed by atoms with Crippen molar-refractivity contribution in [2.75, 3.05) is 14.2 Å². The highest BCUT2D eigenvalue weighted by Gasteiger charge is 2.46. The van der Waals surface area contributed by atoms with E-state index in [1.165, 1.54) is 21.1 Å². The van der Waals surface area contributed by atoms with Crippen molar-refractivity contribution in [2.24, 2.45) is 0 Å². The molecule has 1 saturated heterocycles. The van der Waals surface area contributed by atoms with Gasteiger partial charge in [-0.05, 0) is 6.92 Å². The summed E-state index contributed by atoms with van der Waals surface area (Å²) in [6.07, 6.45) is -3.35. The molecule has 0 spiro atoms. The van der Waals surface area contributed by atoms with Gasteiger partial charge >= 0.3 is 5.97 Å². The van der Waals surface area contributed by atoms with Crippen LogP contribution in [-0.2, 0) is 23.7 Å². The quantitative estimate of drug-likeness (QED) is 0.675. The van der Waals surface area contributed by atoms with Gasteiger partial charge in [0.2, 0.25) is 0 Å². The number of hydrogen-bond acceptors (Lipinski definition) is 6. The predicted molar refractivity (Wildman–Crippen MR) is 53.7 cm³/mol. The van der Waals surface area contributed by atoms with E-state index in [0.29, 0.717) is 0 Å². The molecule has 0 bridgehead atoms. The van der Waals surface area contributed by atoms with Gasteiger partial charge in [0.25, 0.3) is 0 Å². The van der Waals surface area contributed by atoms with Crippen LogP contribution in [0, 0.1) is 0 Å². The number of esters is 1. The summed E-state index contributed by atoms with van der Waals surface area (Å²) in [5.41, 5.74) is 0. The fraction of sp³-hybridized carbons (Fsp3) is 0.900. The maximum Gasteiger partial charge on any atom is 0.303 e. The average Bonchev–Trinajstić information content (AvgIpc) is 2.20. The molecule has 1 heterocycles. The van der Waals surface area contributed by atoms with Crippen LogP contribution in [0.3, 0.4) is 0 Å². The van der Waals surface area contributed by atoms with Crippen molar-refractivity contribution < 1.29 is 28.8 Å². The van der Waals surface area contributed by atoms with Crippen molar-refractivity contribution in [3.8, 4) is 0 Å². The third-order valence-electron chi connectivity index (χ3n) is 2.59. The monoisotopic (exact) mass is 234 g/mol. The number of ether oxygens (including phenoxy) is 4. The van der Waals surface area contributed by atoms with Gasteiger partial charge in [0.1, 0.15) is 12.2 Å². The first-order chi connectivity index (χ1) is 7.51. The van der Waals surface area contributed by atoms with Crippen LogP contribution in [0.5, 0.6) is 0 Å². The van der Waals surface area contributed by atoms with Crippen molar-refractivity contribution >= 4 is 5.97 Å². The van der Waals surface area contributed by atoms with Crippen molar-refractivity contribution in [3.05, 3.63) is 0 Å². The highest BCUT2D eigenvalue weighted by molar-refractivity contribution is 5.66. The number of carbonyl (C=O) groups is 1. The molecule has 16 heavy (non-hydrogen) atoms. The van der Waals surface area contributed by atoms with Gasteiger partial charge in [0.15, 0.2) is 12.4 Å². The van der Waals surface area contributed by atoms with Gasteiger partial charge in [0, 0.05) is 21.1 Å². The lowest BCUT2D eigenvalue weighted by Crippen LogP contribution is -2.59. The lowest BCUT2D eigenvalue weighted by molar-refractivity contribution is -0.290. The van der Waals surface area contributed by atoms with E-state index >= 15 is 0 Å². The molecule has 1 rings (SSSR count). The summed E-state index contributed by atoms with van der Waals surface area (Å²) in [5.74, 6) is -0.422. The summed E-state index contributed by atoms with van der Waals surface area (Å²) >= 11 is 0. The number of aliphatic hydroxyl groups excluding tert-OH is 1. The number of methoxy groups -OCH3 is 2. The summed E-state index contributed by atoms with van der Waals surface area (Å²) in [5, 5.41) is 9.63. The average molecular weight is 234 g/mol. The number of carbonyl (C=O) groups excluding carboxylic acids is 1. The minimum Gasteiger partial charge on any atom is -0.457 e. The highest BCUT2D eigenvalue weighted by atomic mass is 16.7. The van der Waals surface area contributed by atoms with Crippen LogP contribution in [0.15, 0.2) is 0 Å². The number of hydrogen-bond donors (Lipinski definition) is 1. The van der Waals surface area contributed by atoms with Crippen LogP contribution < -0.4 is 0 Å². The van der Waals surface area contributed by atoms with Crippen LogP contribution in [0.4, 0.5) is 0 Å². The van der Waals surface area contributed by atoms with E-state index in [-0.39, 0.29) is 0 Å². The second kappa shape index (κ2) is 5.58. The Morgan fingerprint density at radius 3 is 2.19 bits per heavy atom. The highest BCUT2D eigenvalue weighted by Crippen LogP contribution is 2.26. The molecule has 1 N–H and O–H groups in total. The first kappa shape index (κ1) is 13.4. The first-order valence-corrected chi connectivity index (χ1v) is 5.07. The second-order valence-electron chi connectivity index (χ2n) is 3.71. The molecule has 1 fully saturated rings. The van der Waals surface area contributed by atoms with Gasteiger partial charge in [-0.2, -0.15) is 0 Å². The van der Waals surface area contributed by atoms with E-state index in [9.17, 15) is 9.90 Å². The molecule has 5 atom stereocenters. The van der Waals surface area contributed by atoms with Gasteiger partial charge in [-0.15, -0.1) is 0 Å². The topological polar surface area (TPSA) is 74.2 Å². The molecule has 0 amide bonds. The van der Waals surface area contributed by atoms with Crippen LogP contribution >= 0.6 is 0 Å². The van der Waals surface area contributed by atoms with Crippen LogP contribution in [0.1, 0.15) is 13.8 Å². The molecule has 0 radical (unpaired) electrons. The minimum absolute atomic E-state index is 0.422. The zero-order chi connectivity index (χ0) is 12.3. The molecule has 94 valence electrons. The predicted octanol–water partition coefficient (Wildman–Crippen LogP) is -0.315. The van der Waals surface area contributed by atoms with Crippen LogP contribution in [0.2, 0.25) is 0 Å². The van der Waals surface area contributed by atoms with Gasteiger partial charge in [0.05, 0.1) is 6.10 Å². The normalized spacial score (nSPS) is 39.4.